The minimum Gasteiger partial charge on any atom is -0.385 e. The predicted octanol–water partition coefficient (Wildman–Crippen LogP) is 2.95. The number of carbonyl (C=O) groups is 1. The quantitative estimate of drug-likeness (QED) is 0.917. The van der Waals surface area contributed by atoms with Gasteiger partial charge in [-0.3, -0.25) is 4.79 Å². The van der Waals surface area contributed by atoms with E-state index in [0.717, 1.165) is 50.2 Å². The van der Waals surface area contributed by atoms with E-state index in [-0.39, 0.29) is 11.8 Å². The molecule has 5 nitrogen and oxygen atoms in total. The molecule has 25 heavy (non-hydrogen) atoms. The Morgan fingerprint density at radius 2 is 2.08 bits per heavy atom. The number of imidazole rings is 1. The number of nitrogens with zero attached hydrogens (tertiary/aromatic N) is 3. The number of aliphatic hydroxyl groups is 1. The summed E-state index contributed by atoms with van der Waals surface area (Å²) in [6.45, 7) is 1.44. The van der Waals surface area contributed by atoms with Gasteiger partial charge in [0.1, 0.15) is 11.9 Å². The Balaban J connectivity index is 1.41. The van der Waals surface area contributed by atoms with Crippen LogP contribution in [0.25, 0.3) is 0 Å². The number of rotatable bonds is 3. The Kier molecular flexibility index (Phi) is 4.65. The molecule has 6 heteroatoms. The smallest absolute Gasteiger partial charge is 0.254 e. The fourth-order valence-corrected chi connectivity index (χ4v) is 5.25. The van der Waals surface area contributed by atoms with Crippen molar-refractivity contribution >= 4 is 17.2 Å². The Bertz CT molecular complexity index is 759. The predicted molar refractivity (Wildman–Crippen MR) is 97.8 cm³/mol. The molecule has 0 saturated carbocycles. The standard InChI is InChI=1S/C19H25N3O2S/c1-21-11-8-20-18(21)17(23)13-6-9-22(10-7-13)19(24)15-12-25-16-5-3-2-4-14(15)16/h8,11-13,17,23H,2-7,9-10H2,1H3/t17-/m1/s1. The van der Waals surface area contributed by atoms with Crippen LogP contribution in [0.4, 0.5) is 0 Å². The number of amides is 1. The zero-order valence-corrected chi connectivity index (χ0v) is 15.5. The van der Waals surface area contributed by atoms with E-state index in [9.17, 15) is 9.90 Å². The van der Waals surface area contributed by atoms with Gasteiger partial charge >= 0.3 is 0 Å². The average Bonchev–Trinajstić information content (AvgIpc) is 3.27. The van der Waals surface area contributed by atoms with E-state index in [1.165, 1.54) is 23.3 Å². The Hall–Kier alpha value is -1.66. The molecule has 1 fully saturated rings. The molecule has 2 aliphatic rings. The molecule has 0 spiro atoms. The van der Waals surface area contributed by atoms with Crippen LogP contribution in [0.3, 0.4) is 0 Å². The maximum absolute atomic E-state index is 12.9. The van der Waals surface area contributed by atoms with Gasteiger partial charge in [-0.1, -0.05) is 0 Å². The zero-order chi connectivity index (χ0) is 17.4. The number of piperidine rings is 1. The topological polar surface area (TPSA) is 58.4 Å². The molecular formula is C19H25N3O2S. The number of aromatic nitrogens is 2. The van der Waals surface area contributed by atoms with Gasteiger partial charge in [-0.05, 0) is 50.0 Å². The summed E-state index contributed by atoms with van der Waals surface area (Å²) in [7, 11) is 1.91. The maximum Gasteiger partial charge on any atom is 0.254 e. The Labute approximate surface area is 152 Å². The number of fused-ring (bicyclic) bond motifs is 1. The molecule has 0 bridgehead atoms. The fourth-order valence-electron chi connectivity index (χ4n) is 4.13. The van der Waals surface area contributed by atoms with Gasteiger partial charge in [0.15, 0.2) is 0 Å². The summed E-state index contributed by atoms with van der Waals surface area (Å²) in [5.41, 5.74) is 2.24. The van der Waals surface area contributed by atoms with Crippen molar-refractivity contribution in [2.75, 3.05) is 13.1 Å². The van der Waals surface area contributed by atoms with Gasteiger partial charge in [0.25, 0.3) is 5.91 Å². The molecule has 1 amide bonds. The van der Waals surface area contributed by atoms with Crippen LogP contribution in [-0.4, -0.2) is 38.6 Å². The van der Waals surface area contributed by atoms with Gasteiger partial charge in [-0.15, -0.1) is 11.3 Å². The summed E-state index contributed by atoms with van der Waals surface area (Å²) in [5.74, 6) is 1.07. The summed E-state index contributed by atoms with van der Waals surface area (Å²) < 4.78 is 1.87. The monoisotopic (exact) mass is 359 g/mol. The number of likely N-dealkylation sites (tertiary alicyclic amines) is 1. The van der Waals surface area contributed by atoms with Crippen LogP contribution >= 0.6 is 11.3 Å². The summed E-state index contributed by atoms with van der Waals surface area (Å²) in [6.07, 6.45) is 9.30. The number of aryl methyl sites for hydroxylation is 2. The van der Waals surface area contributed by atoms with E-state index in [1.807, 2.05) is 22.7 Å². The van der Waals surface area contributed by atoms with Crippen LogP contribution in [0.5, 0.6) is 0 Å². The molecule has 0 unspecified atom stereocenters. The Morgan fingerprint density at radius 3 is 2.80 bits per heavy atom. The Morgan fingerprint density at radius 1 is 1.32 bits per heavy atom. The molecule has 1 N–H and O–H groups in total. The summed E-state index contributed by atoms with van der Waals surface area (Å²) in [4.78, 5) is 20.6. The minimum atomic E-state index is -0.550. The lowest BCUT2D eigenvalue weighted by Crippen LogP contribution is -2.40. The third kappa shape index (κ3) is 3.13. The van der Waals surface area contributed by atoms with Crippen molar-refractivity contribution in [3.63, 3.8) is 0 Å². The summed E-state index contributed by atoms with van der Waals surface area (Å²) >= 11 is 1.75. The highest BCUT2D eigenvalue weighted by Gasteiger charge is 2.31. The molecule has 4 rings (SSSR count). The molecule has 3 heterocycles. The third-order valence-electron chi connectivity index (χ3n) is 5.69. The van der Waals surface area contributed by atoms with Crippen LogP contribution < -0.4 is 0 Å². The first-order valence-electron chi connectivity index (χ1n) is 9.19. The number of thiophene rings is 1. The van der Waals surface area contributed by atoms with Gasteiger partial charge < -0.3 is 14.6 Å². The number of aliphatic hydroxyl groups excluding tert-OH is 1. The first-order chi connectivity index (χ1) is 12.1. The number of hydrogen-bond acceptors (Lipinski definition) is 4. The lowest BCUT2D eigenvalue weighted by atomic mass is 9.90. The van der Waals surface area contributed by atoms with E-state index < -0.39 is 6.10 Å². The molecular weight excluding hydrogens is 334 g/mol. The van der Waals surface area contributed by atoms with Gasteiger partial charge in [0.05, 0.1) is 5.56 Å². The first-order valence-corrected chi connectivity index (χ1v) is 10.1. The van der Waals surface area contributed by atoms with Crippen molar-refractivity contribution in [1.82, 2.24) is 14.5 Å². The van der Waals surface area contributed by atoms with Crippen molar-refractivity contribution in [3.05, 3.63) is 39.6 Å². The van der Waals surface area contributed by atoms with Crippen LogP contribution in [0.1, 0.15) is 58.4 Å². The number of hydrogen-bond donors (Lipinski definition) is 1. The molecule has 1 atom stereocenters. The van der Waals surface area contributed by atoms with E-state index in [1.54, 1.807) is 17.5 Å². The van der Waals surface area contributed by atoms with Crippen LogP contribution in [0, 0.1) is 5.92 Å². The van der Waals surface area contributed by atoms with Crippen LogP contribution in [0.2, 0.25) is 0 Å². The van der Waals surface area contributed by atoms with Gasteiger partial charge in [-0.2, -0.15) is 0 Å². The van der Waals surface area contributed by atoms with Crippen molar-refractivity contribution in [1.29, 1.82) is 0 Å². The van der Waals surface area contributed by atoms with E-state index in [4.69, 9.17) is 0 Å². The van der Waals surface area contributed by atoms with E-state index in [2.05, 4.69) is 10.4 Å². The largest absolute Gasteiger partial charge is 0.385 e. The highest BCUT2D eigenvalue weighted by molar-refractivity contribution is 7.10. The highest BCUT2D eigenvalue weighted by atomic mass is 32.1. The summed E-state index contributed by atoms with van der Waals surface area (Å²) in [6, 6.07) is 0. The van der Waals surface area contributed by atoms with Crippen molar-refractivity contribution in [2.24, 2.45) is 13.0 Å². The van der Waals surface area contributed by atoms with Crippen LogP contribution in [-0.2, 0) is 19.9 Å². The fraction of sp³-hybridized carbons (Fsp3) is 0.579. The average molecular weight is 359 g/mol. The van der Waals surface area contributed by atoms with E-state index >= 15 is 0 Å². The molecule has 1 aliphatic carbocycles. The first kappa shape index (κ1) is 16.8. The molecule has 1 saturated heterocycles. The summed E-state index contributed by atoms with van der Waals surface area (Å²) in [5, 5.41) is 12.7. The van der Waals surface area contributed by atoms with Gasteiger partial charge in [0, 0.05) is 42.8 Å². The molecule has 0 radical (unpaired) electrons. The molecule has 2 aromatic rings. The molecule has 1 aliphatic heterocycles. The molecule has 2 aromatic heterocycles. The number of carbonyl (C=O) groups excluding carboxylic acids is 1. The van der Waals surface area contributed by atoms with Crippen molar-refractivity contribution in [3.8, 4) is 0 Å². The second kappa shape index (κ2) is 6.92. The lowest BCUT2D eigenvalue weighted by Gasteiger charge is -2.34. The zero-order valence-electron chi connectivity index (χ0n) is 14.6. The van der Waals surface area contributed by atoms with Crippen LogP contribution in [0.15, 0.2) is 17.8 Å². The van der Waals surface area contributed by atoms with Gasteiger partial charge in [0.2, 0.25) is 0 Å². The van der Waals surface area contributed by atoms with E-state index in [0.29, 0.717) is 0 Å². The second-order valence-electron chi connectivity index (χ2n) is 7.23. The third-order valence-corrected chi connectivity index (χ3v) is 6.78. The highest BCUT2D eigenvalue weighted by Crippen LogP contribution is 2.33. The lowest BCUT2D eigenvalue weighted by molar-refractivity contribution is 0.0419. The molecule has 134 valence electrons. The SMILES string of the molecule is Cn1ccnc1[C@H](O)C1CCN(C(=O)c2csc3c2CCCC3)CC1. The second-order valence-corrected chi connectivity index (χ2v) is 8.19. The van der Waals surface area contributed by atoms with Crippen molar-refractivity contribution in [2.45, 2.75) is 44.6 Å². The maximum atomic E-state index is 12.9. The van der Waals surface area contributed by atoms with Gasteiger partial charge in [-0.25, -0.2) is 4.98 Å². The molecule has 0 aromatic carbocycles. The van der Waals surface area contributed by atoms with Crippen molar-refractivity contribution < 1.29 is 9.90 Å². The minimum absolute atomic E-state index is 0.168. The normalized spacial score (nSPS) is 19.7.